The van der Waals surface area contributed by atoms with Gasteiger partial charge in [-0.2, -0.15) is 0 Å². The summed E-state index contributed by atoms with van der Waals surface area (Å²) < 4.78 is 18.5. The Morgan fingerprint density at radius 2 is 1.83 bits per heavy atom. The first-order chi connectivity index (χ1) is 11.0. The van der Waals surface area contributed by atoms with Crippen molar-refractivity contribution in [3.05, 3.63) is 35.6 Å². The van der Waals surface area contributed by atoms with Gasteiger partial charge in [-0.05, 0) is 57.0 Å². The Bertz CT molecular complexity index is 498. The predicted molar refractivity (Wildman–Crippen MR) is 88.6 cm³/mol. The second-order valence-corrected chi connectivity index (χ2v) is 6.52. The summed E-state index contributed by atoms with van der Waals surface area (Å²) in [4.78, 5) is 16.5. The van der Waals surface area contributed by atoms with E-state index in [4.69, 9.17) is 4.74 Å². The molecule has 1 aliphatic rings. The van der Waals surface area contributed by atoms with E-state index in [0.717, 1.165) is 44.6 Å². The standard InChI is InChI=1S/C18H27FN2O2/c1-20(2)17(15-4-6-16(19)7-5-15)18(22)21(3)11-8-14-9-12-23-13-10-14/h4-7,14,17H,8-13H2,1-3H3. The Morgan fingerprint density at radius 1 is 1.22 bits per heavy atom. The van der Waals surface area contributed by atoms with E-state index in [-0.39, 0.29) is 17.8 Å². The fourth-order valence-electron chi connectivity index (χ4n) is 3.04. The third-order valence-electron chi connectivity index (χ3n) is 4.53. The molecule has 0 aromatic heterocycles. The summed E-state index contributed by atoms with van der Waals surface area (Å²) in [6, 6.07) is 5.80. The predicted octanol–water partition coefficient (Wildman–Crippen LogP) is 2.70. The van der Waals surface area contributed by atoms with Crippen LogP contribution < -0.4 is 0 Å². The van der Waals surface area contributed by atoms with Crippen molar-refractivity contribution >= 4 is 5.91 Å². The number of ether oxygens (including phenoxy) is 1. The zero-order valence-corrected chi connectivity index (χ0v) is 14.3. The van der Waals surface area contributed by atoms with Crippen LogP contribution in [-0.2, 0) is 9.53 Å². The SMILES string of the molecule is CN(CCC1CCOCC1)C(=O)C(c1ccc(F)cc1)N(C)C. The molecule has 0 bridgehead atoms. The molecule has 1 aromatic carbocycles. The average molecular weight is 322 g/mol. The summed E-state index contributed by atoms with van der Waals surface area (Å²) in [5.41, 5.74) is 0.819. The zero-order chi connectivity index (χ0) is 16.8. The van der Waals surface area contributed by atoms with Crippen LogP contribution in [-0.4, -0.2) is 56.6 Å². The first-order valence-electron chi connectivity index (χ1n) is 8.23. The van der Waals surface area contributed by atoms with E-state index in [2.05, 4.69) is 0 Å². The molecule has 2 rings (SSSR count). The lowest BCUT2D eigenvalue weighted by Crippen LogP contribution is -2.39. The monoisotopic (exact) mass is 322 g/mol. The smallest absolute Gasteiger partial charge is 0.244 e. The number of carbonyl (C=O) groups is 1. The fraction of sp³-hybridized carbons (Fsp3) is 0.611. The zero-order valence-electron chi connectivity index (χ0n) is 14.3. The number of hydrogen-bond donors (Lipinski definition) is 0. The van der Waals surface area contributed by atoms with Gasteiger partial charge in [0.05, 0.1) is 0 Å². The van der Waals surface area contributed by atoms with Crippen LogP contribution in [0.25, 0.3) is 0 Å². The average Bonchev–Trinajstić information content (AvgIpc) is 2.55. The summed E-state index contributed by atoms with van der Waals surface area (Å²) in [6.07, 6.45) is 3.17. The molecule has 0 aliphatic carbocycles. The maximum absolute atomic E-state index is 13.1. The molecular formula is C18H27FN2O2. The first kappa shape index (κ1) is 17.9. The van der Waals surface area contributed by atoms with Crippen molar-refractivity contribution in [2.75, 3.05) is 40.9 Å². The van der Waals surface area contributed by atoms with Crippen LogP contribution in [0.5, 0.6) is 0 Å². The van der Waals surface area contributed by atoms with Gasteiger partial charge in [0.2, 0.25) is 5.91 Å². The molecule has 0 spiro atoms. The molecule has 23 heavy (non-hydrogen) atoms. The van der Waals surface area contributed by atoms with E-state index < -0.39 is 0 Å². The van der Waals surface area contributed by atoms with E-state index in [0.29, 0.717) is 5.92 Å². The third kappa shape index (κ3) is 5.01. The molecule has 1 fully saturated rings. The molecule has 1 amide bonds. The summed E-state index contributed by atoms with van der Waals surface area (Å²) in [7, 11) is 5.60. The maximum atomic E-state index is 13.1. The molecule has 0 saturated carbocycles. The molecular weight excluding hydrogens is 295 g/mol. The van der Waals surface area contributed by atoms with Gasteiger partial charge < -0.3 is 9.64 Å². The molecule has 1 saturated heterocycles. The topological polar surface area (TPSA) is 32.8 Å². The molecule has 1 aromatic rings. The highest BCUT2D eigenvalue weighted by Gasteiger charge is 2.26. The van der Waals surface area contributed by atoms with Crippen LogP contribution in [0.15, 0.2) is 24.3 Å². The number of benzene rings is 1. The summed E-state index contributed by atoms with van der Waals surface area (Å²) in [6.45, 7) is 2.41. The van der Waals surface area contributed by atoms with Crippen LogP contribution in [0.3, 0.4) is 0 Å². The molecule has 128 valence electrons. The van der Waals surface area contributed by atoms with Gasteiger partial charge in [0, 0.05) is 26.8 Å². The molecule has 1 aliphatic heterocycles. The van der Waals surface area contributed by atoms with E-state index in [1.807, 2.05) is 26.0 Å². The van der Waals surface area contributed by atoms with Gasteiger partial charge in [0.15, 0.2) is 0 Å². The summed E-state index contributed by atoms with van der Waals surface area (Å²) in [5, 5.41) is 0. The molecule has 1 heterocycles. The van der Waals surface area contributed by atoms with Crippen LogP contribution in [0.1, 0.15) is 30.9 Å². The molecule has 0 N–H and O–H groups in total. The van der Waals surface area contributed by atoms with Gasteiger partial charge in [0.25, 0.3) is 0 Å². The highest BCUT2D eigenvalue weighted by Crippen LogP contribution is 2.23. The van der Waals surface area contributed by atoms with Gasteiger partial charge in [-0.25, -0.2) is 4.39 Å². The molecule has 4 nitrogen and oxygen atoms in total. The number of halogens is 1. The third-order valence-corrected chi connectivity index (χ3v) is 4.53. The minimum atomic E-state index is -0.379. The van der Waals surface area contributed by atoms with E-state index in [9.17, 15) is 9.18 Å². The van der Waals surface area contributed by atoms with Crippen molar-refractivity contribution in [1.82, 2.24) is 9.80 Å². The largest absolute Gasteiger partial charge is 0.381 e. The number of likely N-dealkylation sites (N-methyl/N-ethyl adjacent to an activating group) is 2. The summed E-state index contributed by atoms with van der Waals surface area (Å²) >= 11 is 0. The Labute approximate surface area is 138 Å². The quantitative estimate of drug-likeness (QED) is 0.807. The number of hydrogen-bond acceptors (Lipinski definition) is 3. The highest BCUT2D eigenvalue weighted by atomic mass is 19.1. The minimum absolute atomic E-state index is 0.0497. The lowest BCUT2D eigenvalue weighted by atomic mass is 9.96. The molecule has 5 heteroatoms. The van der Waals surface area contributed by atoms with Crippen molar-refractivity contribution in [2.24, 2.45) is 5.92 Å². The van der Waals surface area contributed by atoms with Crippen molar-refractivity contribution in [3.8, 4) is 0 Å². The van der Waals surface area contributed by atoms with Crippen LogP contribution in [0, 0.1) is 11.7 Å². The van der Waals surface area contributed by atoms with Gasteiger partial charge in [0.1, 0.15) is 11.9 Å². The van der Waals surface area contributed by atoms with Crippen LogP contribution in [0.4, 0.5) is 4.39 Å². The number of amides is 1. The van der Waals surface area contributed by atoms with Crippen molar-refractivity contribution in [1.29, 1.82) is 0 Å². The van der Waals surface area contributed by atoms with Gasteiger partial charge >= 0.3 is 0 Å². The first-order valence-corrected chi connectivity index (χ1v) is 8.23. The molecule has 1 unspecified atom stereocenters. The van der Waals surface area contributed by atoms with E-state index in [1.54, 1.807) is 17.0 Å². The molecule has 1 atom stereocenters. The fourth-order valence-corrected chi connectivity index (χ4v) is 3.04. The Kier molecular flexibility index (Phi) is 6.54. The van der Waals surface area contributed by atoms with Crippen molar-refractivity contribution in [2.45, 2.75) is 25.3 Å². The van der Waals surface area contributed by atoms with E-state index >= 15 is 0 Å². The van der Waals surface area contributed by atoms with E-state index in [1.165, 1.54) is 12.1 Å². The number of rotatable bonds is 6. The van der Waals surface area contributed by atoms with Gasteiger partial charge in [-0.15, -0.1) is 0 Å². The van der Waals surface area contributed by atoms with Crippen molar-refractivity contribution in [3.63, 3.8) is 0 Å². The maximum Gasteiger partial charge on any atom is 0.244 e. The van der Waals surface area contributed by atoms with Gasteiger partial charge in [-0.3, -0.25) is 9.69 Å². The second-order valence-electron chi connectivity index (χ2n) is 6.52. The number of nitrogens with zero attached hydrogens (tertiary/aromatic N) is 2. The second kappa shape index (κ2) is 8.41. The Morgan fingerprint density at radius 3 is 2.39 bits per heavy atom. The normalized spacial score (nSPS) is 17.3. The van der Waals surface area contributed by atoms with Crippen molar-refractivity contribution < 1.29 is 13.9 Å². The minimum Gasteiger partial charge on any atom is -0.381 e. The Hall–Kier alpha value is -1.46. The lowest BCUT2D eigenvalue weighted by molar-refractivity contribution is -0.135. The Balaban J connectivity index is 1.97. The molecule has 0 radical (unpaired) electrons. The number of carbonyl (C=O) groups excluding carboxylic acids is 1. The lowest BCUT2D eigenvalue weighted by Gasteiger charge is -2.30. The summed E-state index contributed by atoms with van der Waals surface area (Å²) in [5.74, 6) is 0.405. The van der Waals surface area contributed by atoms with Crippen LogP contribution in [0.2, 0.25) is 0 Å². The van der Waals surface area contributed by atoms with Gasteiger partial charge in [-0.1, -0.05) is 12.1 Å². The van der Waals surface area contributed by atoms with Crippen LogP contribution >= 0.6 is 0 Å². The highest BCUT2D eigenvalue weighted by molar-refractivity contribution is 5.83.